The molecule has 0 atom stereocenters. The van der Waals surface area contributed by atoms with E-state index in [0.717, 1.165) is 5.56 Å². The lowest BCUT2D eigenvalue weighted by molar-refractivity contribution is 0.255. The number of aryl methyl sites for hydroxylation is 1. The Morgan fingerprint density at radius 1 is 1.05 bits per heavy atom. The lowest BCUT2D eigenvalue weighted by atomic mass is 10.1. The molecule has 0 heterocycles. The first kappa shape index (κ1) is 15.4. The summed E-state index contributed by atoms with van der Waals surface area (Å²) < 4.78 is 0. The Morgan fingerprint density at radius 2 is 1.76 bits per heavy atom. The van der Waals surface area contributed by atoms with Crippen LogP contribution in [0.1, 0.15) is 11.1 Å². The van der Waals surface area contributed by atoms with Crippen molar-refractivity contribution in [2.45, 2.75) is 6.92 Å². The number of amides is 2. The van der Waals surface area contributed by atoms with Gasteiger partial charge in [-0.3, -0.25) is 0 Å². The summed E-state index contributed by atoms with van der Waals surface area (Å²) in [6.45, 7) is 2.02. The molecule has 21 heavy (non-hydrogen) atoms. The minimum Gasteiger partial charge on any atom is -0.314 e. The van der Waals surface area contributed by atoms with Crippen molar-refractivity contribution < 1.29 is 4.79 Å². The van der Waals surface area contributed by atoms with Gasteiger partial charge in [0.2, 0.25) is 0 Å². The van der Waals surface area contributed by atoms with Gasteiger partial charge in [-0.15, -0.1) is 0 Å². The van der Waals surface area contributed by atoms with Crippen LogP contribution >= 0.6 is 23.2 Å². The summed E-state index contributed by atoms with van der Waals surface area (Å²) in [7, 11) is 0. The molecule has 0 aliphatic carbocycles. The predicted molar refractivity (Wildman–Crippen MR) is 88.8 cm³/mol. The summed E-state index contributed by atoms with van der Waals surface area (Å²) in [5.41, 5.74) is 2.78. The number of halogens is 2. The average Bonchev–Trinajstić information content (AvgIpc) is 2.45. The predicted octanol–water partition coefficient (Wildman–Crippen LogP) is 5.09. The molecule has 2 aromatic rings. The van der Waals surface area contributed by atoms with Gasteiger partial charge in [0.25, 0.3) is 0 Å². The normalized spacial score (nSPS) is 10.6. The molecule has 108 valence electrons. The fraction of sp³-hybridized carbons (Fsp3) is 0.0625. The molecule has 0 aliphatic heterocycles. The first-order chi connectivity index (χ1) is 10.0. The number of urea groups is 1. The molecule has 0 unspecified atom stereocenters. The minimum absolute atomic E-state index is 0.350. The maximum absolute atomic E-state index is 11.7. The molecule has 3 nitrogen and oxygen atoms in total. The van der Waals surface area contributed by atoms with Gasteiger partial charge >= 0.3 is 6.03 Å². The van der Waals surface area contributed by atoms with Crippen molar-refractivity contribution in [2.75, 3.05) is 5.32 Å². The van der Waals surface area contributed by atoms with Gasteiger partial charge in [-0.1, -0.05) is 53.0 Å². The van der Waals surface area contributed by atoms with Crippen LogP contribution in [0.3, 0.4) is 0 Å². The Kier molecular flexibility index (Phi) is 5.26. The van der Waals surface area contributed by atoms with Crippen molar-refractivity contribution in [3.8, 4) is 0 Å². The number of anilines is 1. The van der Waals surface area contributed by atoms with Crippen LogP contribution in [0.4, 0.5) is 10.5 Å². The van der Waals surface area contributed by atoms with E-state index in [1.165, 1.54) is 5.56 Å². The summed E-state index contributed by atoms with van der Waals surface area (Å²) in [4.78, 5) is 11.7. The molecule has 2 amide bonds. The third-order valence-electron chi connectivity index (χ3n) is 2.75. The first-order valence-corrected chi connectivity index (χ1v) is 7.06. The van der Waals surface area contributed by atoms with Crippen molar-refractivity contribution >= 4 is 41.0 Å². The van der Waals surface area contributed by atoms with E-state index in [2.05, 4.69) is 10.6 Å². The van der Waals surface area contributed by atoms with E-state index < -0.39 is 0 Å². The van der Waals surface area contributed by atoms with Crippen LogP contribution in [0, 0.1) is 6.92 Å². The summed E-state index contributed by atoms with van der Waals surface area (Å²) in [5, 5.41) is 6.12. The van der Waals surface area contributed by atoms with Crippen LogP contribution < -0.4 is 10.6 Å². The van der Waals surface area contributed by atoms with Gasteiger partial charge in [-0.05, 0) is 36.8 Å². The fourth-order valence-electron chi connectivity index (χ4n) is 1.63. The van der Waals surface area contributed by atoms with Crippen LogP contribution in [0.25, 0.3) is 6.08 Å². The van der Waals surface area contributed by atoms with Gasteiger partial charge in [-0.2, -0.15) is 0 Å². The maximum Gasteiger partial charge on any atom is 0.323 e. The quantitative estimate of drug-likeness (QED) is 0.812. The number of nitrogens with one attached hydrogen (secondary N) is 2. The topological polar surface area (TPSA) is 41.1 Å². The second-order valence-electron chi connectivity index (χ2n) is 4.47. The number of hydrogen-bond donors (Lipinski definition) is 2. The molecule has 0 spiro atoms. The van der Waals surface area contributed by atoms with Crippen molar-refractivity contribution in [2.24, 2.45) is 0 Å². The highest BCUT2D eigenvalue weighted by atomic mass is 35.5. The molecular weight excluding hydrogens is 307 g/mol. The molecule has 0 saturated heterocycles. The Morgan fingerprint density at radius 3 is 2.43 bits per heavy atom. The van der Waals surface area contributed by atoms with Crippen molar-refractivity contribution in [3.05, 3.63) is 69.8 Å². The molecule has 2 aromatic carbocycles. The second-order valence-corrected chi connectivity index (χ2v) is 5.29. The Bertz CT molecular complexity index is 666. The van der Waals surface area contributed by atoms with E-state index in [-0.39, 0.29) is 6.03 Å². The third kappa shape index (κ3) is 4.81. The highest BCUT2D eigenvalue weighted by molar-refractivity contribution is 6.42. The summed E-state index contributed by atoms with van der Waals surface area (Å²) in [6, 6.07) is 12.5. The molecular formula is C16H14Cl2N2O. The van der Waals surface area contributed by atoms with Crippen LogP contribution in [0.2, 0.25) is 10.0 Å². The van der Waals surface area contributed by atoms with Crippen LogP contribution in [0.15, 0.2) is 48.7 Å². The van der Waals surface area contributed by atoms with Gasteiger partial charge in [0.15, 0.2) is 0 Å². The lowest BCUT2D eigenvalue weighted by Gasteiger charge is -2.05. The molecule has 2 N–H and O–H groups in total. The molecule has 0 saturated carbocycles. The standard InChI is InChI=1S/C16H14Cl2N2O/c1-11-2-4-12(5-3-11)8-9-19-16(21)20-13-6-7-14(17)15(18)10-13/h2-10H,1H3,(H2,19,20,21)/b9-8+. The molecule has 2 rings (SSSR count). The highest BCUT2D eigenvalue weighted by Crippen LogP contribution is 2.24. The largest absolute Gasteiger partial charge is 0.323 e. The summed E-state index contributed by atoms with van der Waals surface area (Å²) >= 11 is 11.7. The van der Waals surface area contributed by atoms with Crippen molar-refractivity contribution in [1.29, 1.82) is 0 Å². The zero-order valence-corrected chi connectivity index (χ0v) is 12.9. The van der Waals surface area contributed by atoms with Crippen molar-refractivity contribution in [1.82, 2.24) is 5.32 Å². The van der Waals surface area contributed by atoms with E-state index in [4.69, 9.17) is 23.2 Å². The highest BCUT2D eigenvalue weighted by Gasteiger charge is 2.02. The number of carbonyl (C=O) groups is 1. The monoisotopic (exact) mass is 320 g/mol. The van der Waals surface area contributed by atoms with Crippen LogP contribution in [-0.4, -0.2) is 6.03 Å². The lowest BCUT2D eigenvalue weighted by Crippen LogP contribution is -2.23. The van der Waals surface area contributed by atoms with Gasteiger partial charge < -0.3 is 10.6 Å². The SMILES string of the molecule is Cc1ccc(/C=C/NC(=O)Nc2ccc(Cl)c(Cl)c2)cc1. The molecule has 0 radical (unpaired) electrons. The molecule has 0 fully saturated rings. The zero-order valence-electron chi connectivity index (χ0n) is 11.4. The number of rotatable bonds is 3. The summed E-state index contributed by atoms with van der Waals surface area (Å²) in [6.07, 6.45) is 3.39. The van der Waals surface area contributed by atoms with E-state index in [9.17, 15) is 4.79 Å². The van der Waals surface area contributed by atoms with Crippen molar-refractivity contribution in [3.63, 3.8) is 0 Å². The van der Waals surface area contributed by atoms with Gasteiger partial charge in [-0.25, -0.2) is 4.79 Å². The second kappa shape index (κ2) is 7.16. The Labute approximate surface area is 133 Å². The van der Waals surface area contributed by atoms with E-state index in [1.807, 2.05) is 37.3 Å². The number of benzene rings is 2. The fourth-order valence-corrected chi connectivity index (χ4v) is 1.93. The van der Waals surface area contributed by atoms with Crippen LogP contribution in [0.5, 0.6) is 0 Å². The smallest absolute Gasteiger partial charge is 0.314 e. The number of carbonyl (C=O) groups excluding carboxylic acids is 1. The zero-order chi connectivity index (χ0) is 15.2. The Hall–Kier alpha value is -1.97. The molecule has 0 bridgehead atoms. The van der Waals surface area contributed by atoms with Gasteiger partial charge in [0.1, 0.15) is 0 Å². The Balaban J connectivity index is 1.89. The third-order valence-corrected chi connectivity index (χ3v) is 3.48. The van der Waals surface area contributed by atoms with E-state index in [1.54, 1.807) is 24.4 Å². The molecule has 5 heteroatoms. The van der Waals surface area contributed by atoms with Gasteiger partial charge in [0, 0.05) is 11.9 Å². The average molecular weight is 321 g/mol. The van der Waals surface area contributed by atoms with Crippen LogP contribution in [-0.2, 0) is 0 Å². The van der Waals surface area contributed by atoms with Gasteiger partial charge in [0.05, 0.1) is 10.0 Å². The first-order valence-electron chi connectivity index (χ1n) is 6.30. The van der Waals surface area contributed by atoms with E-state index in [0.29, 0.717) is 15.7 Å². The maximum atomic E-state index is 11.7. The number of hydrogen-bond acceptors (Lipinski definition) is 1. The minimum atomic E-state index is -0.350. The molecule has 0 aromatic heterocycles. The summed E-state index contributed by atoms with van der Waals surface area (Å²) in [5.74, 6) is 0. The van der Waals surface area contributed by atoms with E-state index >= 15 is 0 Å². The molecule has 0 aliphatic rings.